The van der Waals surface area contributed by atoms with Crippen molar-refractivity contribution in [3.05, 3.63) is 64.1 Å². The summed E-state index contributed by atoms with van der Waals surface area (Å²) in [6.45, 7) is 1.90. The minimum Gasteiger partial charge on any atom is -0.349 e. The molecule has 104 valence electrons. The summed E-state index contributed by atoms with van der Waals surface area (Å²) < 4.78 is 13.6. The Morgan fingerprint density at radius 2 is 2.25 bits per heavy atom. The fraction of sp³-hybridized carbons (Fsp3) is 0.200. The second-order valence-electron chi connectivity index (χ2n) is 4.49. The van der Waals surface area contributed by atoms with Crippen molar-refractivity contribution in [3.8, 4) is 0 Å². The highest BCUT2D eigenvalue weighted by molar-refractivity contribution is 9.10. The molecule has 5 heteroatoms. The molecule has 1 N–H and O–H groups in total. The molecule has 0 unspecified atom stereocenters. The Balaban J connectivity index is 1.99. The molecule has 3 nitrogen and oxygen atoms in total. The van der Waals surface area contributed by atoms with E-state index in [1.54, 1.807) is 18.5 Å². The van der Waals surface area contributed by atoms with Crippen LogP contribution in [0.5, 0.6) is 0 Å². The average molecular weight is 337 g/mol. The molecule has 1 aromatic carbocycles. The van der Waals surface area contributed by atoms with Gasteiger partial charge < -0.3 is 5.32 Å². The second kappa shape index (κ2) is 6.61. The Kier molecular flexibility index (Phi) is 4.84. The number of nitrogens with one attached hydrogen (secondary N) is 1. The van der Waals surface area contributed by atoms with E-state index in [9.17, 15) is 9.18 Å². The molecule has 0 bridgehead atoms. The molecule has 0 aliphatic heterocycles. The minimum absolute atomic E-state index is 0.115. The predicted molar refractivity (Wildman–Crippen MR) is 78.6 cm³/mol. The number of hydrogen-bond acceptors (Lipinski definition) is 2. The number of carbonyl (C=O) groups excluding carboxylic acids is 1. The summed E-state index contributed by atoms with van der Waals surface area (Å²) in [5, 5.41) is 2.89. The molecule has 0 radical (unpaired) electrons. The van der Waals surface area contributed by atoms with Crippen LogP contribution in [0.25, 0.3) is 0 Å². The molecule has 1 atom stereocenters. The third-order valence-electron chi connectivity index (χ3n) is 2.93. The highest BCUT2D eigenvalue weighted by atomic mass is 79.9. The molecule has 0 aliphatic rings. The zero-order valence-electron chi connectivity index (χ0n) is 10.9. The molecular weight excluding hydrogens is 323 g/mol. The minimum atomic E-state index is -0.329. The standard InChI is InChI=1S/C15H14BrFN2O/c1-10(12-3-2-6-18-9-12)19-15(20)7-11-4-5-13(17)8-14(11)16/h2-6,8-10H,7H2,1H3,(H,19,20)/t10-/m0/s1. The van der Waals surface area contributed by atoms with E-state index in [0.29, 0.717) is 4.47 Å². The van der Waals surface area contributed by atoms with Crippen LogP contribution >= 0.6 is 15.9 Å². The maximum Gasteiger partial charge on any atom is 0.224 e. The van der Waals surface area contributed by atoms with Crippen molar-refractivity contribution >= 4 is 21.8 Å². The average Bonchev–Trinajstić information content (AvgIpc) is 2.43. The summed E-state index contributed by atoms with van der Waals surface area (Å²) in [6.07, 6.45) is 3.61. The van der Waals surface area contributed by atoms with Crippen molar-refractivity contribution < 1.29 is 9.18 Å². The van der Waals surface area contributed by atoms with Crippen LogP contribution in [-0.4, -0.2) is 10.9 Å². The zero-order chi connectivity index (χ0) is 14.5. The molecule has 2 rings (SSSR count). The normalized spacial score (nSPS) is 11.9. The first kappa shape index (κ1) is 14.7. The van der Waals surface area contributed by atoms with Gasteiger partial charge in [-0.2, -0.15) is 0 Å². The number of amides is 1. The lowest BCUT2D eigenvalue weighted by molar-refractivity contribution is -0.121. The monoisotopic (exact) mass is 336 g/mol. The van der Waals surface area contributed by atoms with E-state index in [1.165, 1.54) is 12.1 Å². The van der Waals surface area contributed by atoms with Gasteiger partial charge in [0, 0.05) is 16.9 Å². The summed E-state index contributed by atoms with van der Waals surface area (Å²) in [4.78, 5) is 16.0. The Bertz CT molecular complexity index is 604. The van der Waals surface area contributed by atoms with Crippen LogP contribution in [0.2, 0.25) is 0 Å². The largest absolute Gasteiger partial charge is 0.349 e. The second-order valence-corrected chi connectivity index (χ2v) is 5.34. The van der Waals surface area contributed by atoms with E-state index in [0.717, 1.165) is 11.1 Å². The summed E-state index contributed by atoms with van der Waals surface area (Å²) >= 11 is 3.26. The first-order valence-electron chi connectivity index (χ1n) is 6.19. The molecule has 20 heavy (non-hydrogen) atoms. The van der Waals surface area contributed by atoms with Gasteiger partial charge in [-0.15, -0.1) is 0 Å². The van der Waals surface area contributed by atoms with Crippen molar-refractivity contribution in [1.29, 1.82) is 0 Å². The first-order valence-corrected chi connectivity index (χ1v) is 6.99. The van der Waals surface area contributed by atoms with E-state index in [1.807, 2.05) is 19.1 Å². The van der Waals surface area contributed by atoms with Crippen LogP contribution in [0.15, 0.2) is 47.2 Å². The molecule has 0 saturated heterocycles. The number of pyridine rings is 1. The van der Waals surface area contributed by atoms with Crippen LogP contribution in [-0.2, 0) is 11.2 Å². The SMILES string of the molecule is C[C@H](NC(=O)Cc1ccc(F)cc1Br)c1cccnc1. The van der Waals surface area contributed by atoms with E-state index in [2.05, 4.69) is 26.2 Å². The summed E-state index contributed by atoms with van der Waals surface area (Å²) in [6, 6.07) is 7.93. The van der Waals surface area contributed by atoms with Crippen molar-refractivity contribution in [2.75, 3.05) is 0 Å². The van der Waals surface area contributed by atoms with Crippen molar-refractivity contribution in [3.63, 3.8) is 0 Å². The van der Waals surface area contributed by atoms with Crippen LogP contribution in [0, 0.1) is 5.82 Å². The van der Waals surface area contributed by atoms with Crippen LogP contribution in [0.1, 0.15) is 24.1 Å². The number of benzene rings is 1. The van der Waals surface area contributed by atoms with Gasteiger partial charge in [-0.3, -0.25) is 9.78 Å². The molecule has 0 spiro atoms. The molecule has 0 aliphatic carbocycles. The first-order chi connectivity index (χ1) is 9.56. The Hall–Kier alpha value is -1.75. The van der Waals surface area contributed by atoms with E-state index >= 15 is 0 Å². The predicted octanol–water partition coefficient (Wildman–Crippen LogP) is 3.40. The Morgan fingerprint density at radius 3 is 2.90 bits per heavy atom. The van der Waals surface area contributed by atoms with Gasteiger partial charge >= 0.3 is 0 Å². The van der Waals surface area contributed by atoms with E-state index in [4.69, 9.17) is 0 Å². The van der Waals surface area contributed by atoms with E-state index < -0.39 is 0 Å². The maximum absolute atomic E-state index is 13.0. The van der Waals surface area contributed by atoms with Gasteiger partial charge in [0.05, 0.1) is 12.5 Å². The van der Waals surface area contributed by atoms with Gasteiger partial charge in [0.25, 0.3) is 0 Å². The molecule has 1 amide bonds. The summed E-state index contributed by atoms with van der Waals surface area (Å²) in [7, 11) is 0. The zero-order valence-corrected chi connectivity index (χ0v) is 12.5. The molecule has 2 aromatic rings. The third-order valence-corrected chi connectivity index (χ3v) is 3.67. The number of nitrogens with zero attached hydrogens (tertiary/aromatic N) is 1. The molecule has 1 aromatic heterocycles. The summed E-state index contributed by atoms with van der Waals surface area (Å²) in [5.41, 5.74) is 1.70. The highest BCUT2D eigenvalue weighted by Gasteiger charge is 2.12. The van der Waals surface area contributed by atoms with Gasteiger partial charge in [-0.1, -0.05) is 28.1 Å². The van der Waals surface area contributed by atoms with Gasteiger partial charge in [-0.05, 0) is 36.2 Å². The van der Waals surface area contributed by atoms with Gasteiger partial charge in [0.2, 0.25) is 5.91 Å². The van der Waals surface area contributed by atoms with Gasteiger partial charge in [0.1, 0.15) is 5.82 Å². The lowest BCUT2D eigenvalue weighted by Crippen LogP contribution is -2.28. The number of carbonyl (C=O) groups is 1. The third kappa shape index (κ3) is 3.87. The van der Waals surface area contributed by atoms with Crippen molar-refractivity contribution in [2.45, 2.75) is 19.4 Å². The van der Waals surface area contributed by atoms with E-state index in [-0.39, 0.29) is 24.2 Å². The topological polar surface area (TPSA) is 42.0 Å². The number of aromatic nitrogens is 1. The van der Waals surface area contributed by atoms with Crippen LogP contribution in [0.3, 0.4) is 0 Å². The number of halogens is 2. The molecular formula is C15H14BrFN2O. The molecule has 1 heterocycles. The van der Waals surface area contributed by atoms with Crippen LogP contribution < -0.4 is 5.32 Å². The lowest BCUT2D eigenvalue weighted by atomic mass is 10.1. The van der Waals surface area contributed by atoms with Crippen molar-refractivity contribution in [1.82, 2.24) is 10.3 Å². The smallest absolute Gasteiger partial charge is 0.224 e. The van der Waals surface area contributed by atoms with Gasteiger partial charge in [-0.25, -0.2) is 4.39 Å². The van der Waals surface area contributed by atoms with Gasteiger partial charge in [0.15, 0.2) is 0 Å². The number of hydrogen-bond donors (Lipinski definition) is 1. The fourth-order valence-corrected chi connectivity index (χ4v) is 2.34. The molecule has 0 fully saturated rings. The Labute approximate surface area is 125 Å². The van der Waals surface area contributed by atoms with Crippen LogP contribution in [0.4, 0.5) is 4.39 Å². The Morgan fingerprint density at radius 1 is 1.45 bits per heavy atom. The summed E-state index contributed by atoms with van der Waals surface area (Å²) in [5.74, 6) is -0.446. The molecule has 0 saturated carbocycles. The number of rotatable bonds is 4. The lowest BCUT2D eigenvalue weighted by Gasteiger charge is -2.14. The fourth-order valence-electron chi connectivity index (χ4n) is 1.85. The maximum atomic E-state index is 13.0. The van der Waals surface area contributed by atoms with Crippen molar-refractivity contribution in [2.24, 2.45) is 0 Å². The quantitative estimate of drug-likeness (QED) is 0.929. The highest BCUT2D eigenvalue weighted by Crippen LogP contribution is 2.19.